The molecule has 2 unspecified atom stereocenters. The molecule has 2 atom stereocenters. The van der Waals surface area contributed by atoms with Crippen LogP contribution in [0.3, 0.4) is 0 Å². The number of hydrogen-bond donors (Lipinski definition) is 1. The second kappa shape index (κ2) is 6.61. The SMILES string of the molecule is O=C1NC2C=C(c3ccccc3Cl)SC2C(=O)N1c1cnnc2ccccc12. The van der Waals surface area contributed by atoms with Crippen LogP contribution in [0.25, 0.3) is 15.8 Å². The van der Waals surface area contributed by atoms with Crippen LogP contribution in [0, 0.1) is 0 Å². The van der Waals surface area contributed by atoms with Crippen molar-refractivity contribution in [3.63, 3.8) is 0 Å². The minimum atomic E-state index is -0.471. The van der Waals surface area contributed by atoms with E-state index in [-0.39, 0.29) is 11.9 Å². The third-order valence-corrected chi connectivity index (χ3v) is 6.46. The first kappa shape index (κ1) is 17.2. The van der Waals surface area contributed by atoms with Crippen molar-refractivity contribution in [2.24, 2.45) is 0 Å². The lowest BCUT2D eigenvalue weighted by atomic mass is 10.1. The van der Waals surface area contributed by atoms with Crippen molar-refractivity contribution in [2.45, 2.75) is 11.3 Å². The lowest BCUT2D eigenvalue weighted by Crippen LogP contribution is -2.60. The zero-order valence-electron chi connectivity index (χ0n) is 14.4. The molecule has 0 spiro atoms. The van der Waals surface area contributed by atoms with Crippen molar-refractivity contribution in [3.05, 3.63) is 71.4 Å². The molecule has 1 saturated heterocycles. The Balaban J connectivity index is 1.52. The number of imide groups is 1. The maximum absolute atomic E-state index is 13.3. The molecule has 28 heavy (non-hydrogen) atoms. The van der Waals surface area contributed by atoms with Crippen LogP contribution in [0.5, 0.6) is 0 Å². The third kappa shape index (κ3) is 2.66. The number of halogens is 1. The smallest absolute Gasteiger partial charge is 0.329 e. The summed E-state index contributed by atoms with van der Waals surface area (Å²) in [5.74, 6) is -0.282. The summed E-state index contributed by atoms with van der Waals surface area (Å²) < 4.78 is 0. The van der Waals surface area contributed by atoms with Gasteiger partial charge >= 0.3 is 6.03 Å². The number of nitrogens with one attached hydrogen (secondary N) is 1. The fourth-order valence-corrected chi connectivity index (χ4v) is 5.07. The van der Waals surface area contributed by atoms with Gasteiger partial charge in [-0.1, -0.05) is 48.0 Å². The molecule has 3 heterocycles. The van der Waals surface area contributed by atoms with Gasteiger partial charge in [0.25, 0.3) is 5.91 Å². The number of thioether (sulfide) groups is 1. The summed E-state index contributed by atoms with van der Waals surface area (Å²) in [5, 5.41) is 11.8. The number of fused-ring (bicyclic) bond motifs is 2. The Morgan fingerprint density at radius 1 is 1.07 bits per heavy atom. The normalized spacial score (nSPS) is 21.5. The summed E-state index contributed by atoms with van der Waals surface area (Å²) in [6.07, 6.45) is 3.34. The van der Waals surface area contributed by atoms with Crippen LogP contribution >= 0.6 is 23.4 Å². The largest absolute Gasteiger partial charge is 0.329 e. The van der Waals surface area contributed by atoms with Gasteiger partial charge in [-0.15, -0.1) is 11.8 Å². The minimum Gasteiger partial charge on any atom is -0.329 e. The molecule has 1 N–H and O–H groups in total. The Labute approximate surface area is 169 Å². The molecule has 0 saturated carbocycles. The Morgan fingerprint density at radius 3 is 2.71 bits per heavy atom. The maximum Gasteiger partial charge on any atom is 0.329 e. The molecule has 5 rings (SSSR count). The molecule has 2 aromatic carbocycles. The summed E-state index contributed by atoms with van der Waals surface area (Å²) in [5.41, 5.74) is 1.91. The van der Waals surface area contributed by atoms with Gasteiger partial charge in [0.2, 0.25) is 0 Å². The van der Waals surface area contributed by atoms with Crippen LogP contribution < -0.4 is 10.2 Å². The minimum absolute atomic E-state index is 0.282. The van der Waals surface area contributed by atoms with Crippen molar-refractivity contribution in [1.29, 1.82) is 0 Å². The Hall–Kier alpha value is -2.90. The molecule has 0 bridgehead atoms. The van der Waals surface area contributed by atoms with Gasteiger partial charge in [-0.05, 0) is 18.2 Å². The molecule has 2 aliphatic rings. The van der Waals surface area contributed by atoms with E-state index >= 15 is 0 Å². The predicted molar refractivity (Wildman–Crippen MR) is 110 cm³/mol. The van der Waals surface area contributed by atoms with E-state index in [4.69, 9.17) is 11.6 Å². The van der Waals surface area contributed by atoms with Gasteiger partial charge in [-0.2, -0.15) is 10.2 Å². The van der Waals surface area contributed by atoms with Crippen molar-refractivity contribution < 1.29 is 9.59 Å². The summed E-state index contributed by atoms with van der Waals surface area (Å²) in [4.78, 5) is 28.1. The topological polar surface area (TPSA) is 75.2 Å². The molecular weight excluding hydrogens is 396 g/mol. The van der Waals surface area contributed by atoms with Crippen LogP contribution in [0.1, 0.15) is 5.56 Å². The summed E-state index contributed by atoms with van der Waals surface area (Å²) in [6.45, 7) is 0. The van der Waals surface area contributed by atoms with E-state index < -0.39 is 11.3 Å². The van der Waals surface area contributed by atoms with Gasteiger partial charge in [-0.25, -0.2) is 9.69 Å². The number of amides is 3. The van der Waals surface area contributed by atoms with Crippen LogP contribution in [0.2, 0.25) is 5.02 Å². The van der Waals surface area contributed by atoms with Crippen LogP contribution in [0.15, 0.2) is 60.8 Å². The number of benzene rings is 2. The number of rotatable bonds is 2. The number of hydrogen-bond acceptors (Lipinski definition) is 5. The van der Waals surface area contributed by atoms with Gasteiger partial charge < -0.3 is 5.32 Å². The quantitative estimate of drug-likeness (QED) is 0.696. The van der Waals surface area contributed by atoms with Gasteiger partial charge in [0.15, 0.2) is 0 Å². The summed E-state index contributed by atoms with van der Waals surface area (Å²) in [6, 6.07) is 13.9. The van der Waals surface area contributed by atoms with Gasteiger partial charge in [-0.3, -0.25) is 4.79 Å². The zero-order chi connectivity index (χ0) is 19.3. The molecule has 0 aliphatic carbocycles. The summed E-state index contributed by atoms with van der Waals surface area (Å²) in [7, 11) is 0. The molecule has 3 amide bonds. The van der Waals surface area contributed by atoms with Crippen LogP contribution in [-0.4, -0.2) is 33.4 Å². The monoisotopic (exact) mass is 408 g/mol. The van der Waals surface area contributed by atoms with E-state index in [1.165, 1.54) is 18.0 Å². The summed E-state index contributed by atoms with van der Waals surface area (Å²) >= 11 is 7.72. The van der Waals surface area contributed by atoms with Crippen molar-refractivity contribution >= 4 is 56.8 Å². The van der Waals surface area contributed by atoms with E-state index in [1.807, 2.05) is 48.5 Å². The highest BCUT2D eigenvalue weighted by Crippen LogP contribution is 2.44. The van der Waals surface area contributed by atoms with Gasteiger partial charge in [0.1, 0.15) is 5.25 Å². The lowest BCUT2D eigenvalue weighted by molar-refractivity contribution is -0.118. The maximum atomic E-state index is 13.3. The first-order valence-corrected chi connectivity index (χ1v) is 9.87. The second-order valence-corrected chi connectivity index (χ2v) is 8.04. The molecule has 1 fully saturated rings. The molecule has 2 aliphatic heterocycles. The highest BCUT2D eigenvalue weighted by Gasteiger charge is 2.45. The first-order valence-electron chi connectivity index (χ1n) is 8.62. The highest BCUT2D eigenvalue weighted by atomic mass is 35.5. The predicted octanol–water partition coefficient (Wildman–Crippen LogP) is 3.86. The fraction of sp³-hybridized carbons (Fsp3) is 0.100. The lowest BCUT2D eigenvalue weighted by Gasteiger charge is -2.33. The van der Waals surface area contributed by atoms with Crippen molar-refractivity contribution in [3.8, 4) is 0 Å². The van der Waals surface area contributed by atoms with E-state index in [0.29, 0.717) is 21.6 Å². The number of aromatic nitrogens is 2. The third-order valence-electron chi connectivity index (χ3n) is 4.77. The Bertz CT molecular complexity index is 1160. The average Bonchev–Trinajstić information content (AvgIpc) is 3.12. The molecular formula is C20H13ClN4O2S. The van der Waals surface area contributed by atoms with E-state index in [0.717, 1.165) is 15.4 Å². The first-order chi connectivity index (χ1) is 13.6. The van der Waals surface area contributed by atoms with Crippen LogP contribution in [0.4, 0.5) is 10.5 Å². The zero-order valence-corrected chi connectivity index (χ0v) is 15.9. The van der Waals surface area contributed by atoms with Crippen molar-refractivity contribution in [1.82, 2.24) is 15.5 Å². The van der Waals surface area contributed by atoms with E-state index in [9.17, 15) is 9.59 Å². The number of carbonyl (C=O) groups is 2. The van der Waals surface area contributed by atoms with Crippen LogP contribution in [-0.2, 0) is 4.79 Å². The van der Waals surface area contributed by atoms with Gasteiger partial charge in [0, 0.05) is 20.9 Å². The number of anilines is 1. The molecule has 0 radical (unpaired) electrons. The molecule has 8 heteroatoms. The number of nitrogens with zero attached hydrogens (tertiary/aromatic N) is 3. The second-order valence-electron chi connectivity index (χ2n) is 6.45. The number of carbonyl (C=O) groups excluding carboxylic acids is 2. The molecule has 138 valence electrons. The van der Waals surface area contributed by atoms with Crippen molar-refractivity contribution in [2.75, 3.05) is 4.90 Å². The van der Waals surface area contributed by atoms with E-state index in [1.54, 1.807) is 6.07 Å². The standard InChI is InChI=1S/C20H13ClN4O2S/c21-13-7-3-1-5-11(13)17-9-15-18(28-17)19(26)25(20(27)23-15)16-10-22-24-14-8-4-2-6-12(14)16/h1-10,15,18H,(H,23,27). The highest BCUT2D eigenvalue weighted by molar-refractivity contribution is 8.09. The van der Waals surface area contributed by atoms with E-state index in [2.05, 4.69) is 15.5 Å². The Kier molecular flexibility index (Phi) is 4.07. The average molecular weight is 409 g/mol. The molecule has 1 aromatic heterocycles. The van der Waals surface area contributed by atoms with Gasteiger partial charge in [0.05, 0.1) is 23.4 Å². The molecule has 3 aromatic rings. The molecule has 6 nitrogen and oxygen atoms in total. The number of urea groups is 1. The fourth-order valence-electron chi connectivity index (χ4n) is 3.47. The Morgan fingerprint density at radius 2 is 1.86 bits per heavy atom.